The maximum atomic E-state index is 11.6. The van der Waals surface area contributed by atoms with E-state index in [9.17, 15) is 4.79 Å². The van der Waals surface area contributed by atoms with Gasteiger partial charge in [0.05, 0.1) is 25.4 Å². The number of alkyl carbamates (subject to hydrolysis) is 1. The second kappa shape index (κ2) is 18.8. The van der Waals surface area contributed by atoms with E-state index < -0.39 is 20.4 Å². The predicted octanol–water partition coefficient (Wildman–Crippen LogP) is 4.02. The molecule has 0 aromatic heterocycles. The molecule has 31 heavy (non-hydrogen) atoms. The third kappa shape index (κ3) is 14.9. The van der Waals surface area contributed by atoms with Crippen molar-refractivity contribution in [3.05, 3.63) is 0 Å². The molecule has 0 rings (SSSR count). The van der Waals surface area contributed by atoms with Crippen molar-refractivity contribution in [3.8, 4) is 0 Å². The Morgan fingerprint density at radius 2 is 1.19 bits per heavy atom. The minimum Gasteiger partial charge on any atom is -0.450 e. The van der Waals surface area contributed by atoms with E-state index in [1.165, 1.54) is 32.1 Å². The molecule has 0 aliphatic carbocycles. The number of rotatable bonds is 21. The van der Waals surface area contributed by atoms with Crippen LogP contribution in [0.4, 0.5) is 4.79 Å². The quantitative estimate of drug-likeness (QED) is 0.174. The standard InChI is InChI=1S/C22H47NO7Si/c1-5-28-31(29-6-2,30-7-3)18-16-14-12-10-8-9-11-13-15-17-27-21(26)23-22(4,19-24)20-25/h24-25H,5-20H2,1-4H3,(H,23,26). The van der Waals surface area contributed by atoms with Crippen LogP contribution in [0.5, 0.6) is 0 Å². The van der Waals surface area contributed by atoms with Gasteiger partial charge in [-0.25, -0.2) is 4.79 Å². The largest absolute Gasteiger partial charge is 0.500 e. The Morgan fingerprint density at radius 3 is 1.61 bits per heavy atom. The lowest BCUT2D eigenvalue weighted by Crippen LogP contribution is -2.51. The molecule has 0 aliphatic rings. The maximum absolute atomic E-state index is 11.6. The number of aliphatic hydroxyl groups is 2. The number of hydrogen-bond donors (Lipinski definition) is 3. The highest BCUT2D eigenvalue weighted by Crippen LogP contribution is 2.21. The molecule has 0 fully saturated rings. The summed E-state index contributed by atoms with van der Waals surface area (Å²) in [5, 5.41) is 20.8. The highest BCUT2D eigenvalue weighted by molar-refractivity contribution is 6.60. The van der Waals surface area contributed by atoms with Crippen LogP contribution in [-0.2, 0) is 18.0 Å². The van der Waals surface area contributed by atoms with Crippen LogP contribution < -0.4 is 5.32 Å². The van der Waals surface area contributed by atoms with Crippen LogP contribution in [0.2, 0.25) is 6.04 Å². The van der Waals surface area contributed by atoms with Crippen molar-refractivity contribution in [1.29, 1.82) is 0 Å². The first-order valence-corrected chi connectivity index (χ1v) is 13.9. The number of nitrogens with one attached hydrogen (secondary N) is 1. The number of amides is 1. The Hall–Kier alpha value is -0.713. The molecule has 0 aromatic carbocycles. The number of unbranched alkanes of at least 4 members (excludes halogenated alkanes) is 8. The molecule has 0 aromatic rings. The molecule has 0 aliphatic heterocycles. The first kappa shape index (κ1) is 30.3. The summed E-state index contributed by atoms with van der Waals surface area (Å²) in [6.07, 6.45) is 9.48. The molecule has 0 atom stereocenters. The molecular weight excluding hydrogens is 418 g/mol. The van der Waals surface area contributed by atoms with Crippen molar-refractivity contribution in [2.45, 2.75) is 97.1 Å². The van der Waals surface area contributed by atoms with Crippen LogP contribution in [0.25, 0.3) is 0 Å². The Balaban J connectivity index is 3.68. The van der Waals surface area contributed by atoms with E-state index in [4.69, 9.17) is 28.2 Å². The summed E-state index contributed by atoms with van der Waals surface area (Å²) in [7, 11) is -2.48. The van der Waals surface area contributed by atoms with Gasteiger partial charge in [-0.3, -0.25) is 0 Å². The third-order valence-corrected chi connectivity index (χ3v) is 8.21. The Labute approximate surface area is 190 Å². The van der Waals surface area contributed by atoms with Gasteiger partial charge in [-0.1, -0.05) is 44.9 Å². The molecule has 3 N–H and O–H groups in total. The van der Waals surface area contributed by atoms with E-state index in [0.717, 1.165) is 31.7 Å². The van der Waals surface area contributed by atoms with Gasteiger partial charge in [0.25, 0.3) is 0 Å². The fourth-order valence-corrected chi connectivity index (χ4v) is 5.94. The molecule has 0 heterocycles. The average molecular weight is 466 g/mol. The first-order chi connectivity index (χ1) is 14.9. The predicted molar refractivity (Wildman–Crippen MR) is 124 cm³/mol. The molecular formula is C22H47NO7Si. The molecule has 1 amide bonds. The smallest absolute Gasteiger partial charge is 0.450 e. The summed E-state index contributed by atoms with van der Waals surface area (Å²) in [5.41, 5.74) is -1.05. The van der Waals surface area contributed by atoms with E-state index in [2.05, 4.69) is 5.32 Å². The molecule has 0 spiro atoms. The van der Waals surface area contributed by atoms with E-state index in [1.807, 2.05) is 20.8 Å². The first-order valence-electron chi connectivity index (χ1n) is 12.0. The molecule has 0 radical (unpaired) electrons. The van der Waals surface area contributed by atoms with Gasteiger partial charge in [-0.15, -0.1) is 0 Å². The van der Waals surface area contributed by atoms with E-state index in [0.29, 0.717) is 26.4 Å². The van der Waals surface area contributed by atoms with Crippen LogP contribution in [-0.4, -0.2) is 70.3 Å². The zero-order chi connectivity index (χ0) is 23.4. The number of ether oxygens (including phenoxy) is 1. The van der Waals surface area contributed by atoms with Crippen LogP contribution in [0.1, 0.15) is 85.5 Å². The topological polar surface area (TPSA) is 106 Å². The minimum atomic E-state index is -2.48. The number of hydrogen-bond acceptors (Lipinski definition) is 7. The van der Waals surface area contributed by atoms with Crippen molar-refractivity contribution in [3.63, 3.8) is 0 Å². The fourth-order valence-electron chi connectivity index (χ4n) is 3.26. The molecule has 0 unspecified atom stereocenters. The minimum absolute atomic E-state index is 0.340. The average Bonchev–Trinajstić information content (AvgIpc) is 2.75. The molecule has 9 heteroatoms. The Bertz CT molecular complexity index is 419. The normalized spacial score (nSPS) is 12.2. The Kier molecular flexibility index (Phi) is 18.4. The lowest BCUT2D eigenvalue weighted by atomic mass is 10.1. The zero-order valence-corrected chi connectivity index (χ0v) is 21.2. The third-order valence-electron chi connectivity index (χ3n) is 5.05. The second-order valence-corrected chi connectivity index (χ2v) is 10.8. The summed E-state index contributed by atoms with van der Waals surface area (Å²) in [4.78, 5) is 11.6. The molecule has 0 bridgehead atoms. The summed E-state index contributed by atoms with van der Waals surface area (Å²) in [6, 6.07) is 0.895. The van der Waals surface area contributed by atoms with Crippen LogP contribution in [0.3, 0.4) is 0 Å². The zero-order valence-electron chi connectivity index (χ0n) is 20.2. The van der Waals surface area contributed by atoms with Crippen LogP contribution in [0, 0.1) is 0 Å². The van der Waals surface area contributed by atoms with Gasteiger partial charge in [-0.2, -0.15) is 0 Å². The van der Waals surface area contributed by atoms with Gasteiger partial charge in [0.15, 0.2) is 0 Å². The highest BCUT2D eigenvalue weighted by Gasteiger charge is 2.39. The summed E-state index contributed by atoms with van der Waals surface area (Å²) in [5.74, 6) is 0. The van der Waals surface area contributed by atoms with Gasteiger partial charge in [0, 0.05) is 25.9 Å². The summed E-state index contributed by atoms with van der Waals surface area (Å²) in [6.45, 7) is 9.10. The van der Waals surface area contributed by atoms with Gasteiger partial charge in [0.2, 0.25) is 0 Å². The van der Waals surface area contributed by atoms with E-state index in [1.54, 1.807) is 6.92 Å². The van der Waals surface area contributed by atoms with Crippen LogP contribution >= 0.6 is 0 Å². The highest BCUT2D eigenvalue weighted by atomic mass is 28.4. The van der Waals surface area contributed by atoms with Crippen LogP contribution in [0.15, 0.2) is 0 Å². The summed E-state index contributed by atoms with van der Waals surface area (Å²) < 4.78 is 22.8. The number of carbonyl (C=O) groups excluding carboxylic acids is 1. The van der Waals surface area contributed by atoms with Crippen molar-refractivity contribution >= 4 is 14.9 Å². The van der Waals surface area contributed by atoms with Crippen molar-refractivity contribution < 1.29 is 33.0 Å². The second-order valence-electron chi connectivity index (χ2n) is 8.05. The van der Waals surface area contributed by atoms with E-state index >= 15 is 0 Å². The number of aliphatic hydroxyl groups excluding tert-OH is 2. The van der Waals surface area contributed by atoms with Gasteiger partial charge in [0.1, 0.15) is 0 Å². The van der Waals surface area contributed by atoms with Gasteiger partial charge in [-0.05, 0) is 40.5 Å². The van der Waals surface area contributed by atoms with Gasteiger partial charge < -0.3 is 33.5 Å². The molecule has 0 saturated heterocycles. The molecule has 186 valence electrons. The van der Waals surface area contributed by atoms with Crippen molar-refractivity contribution in [2.24, 2.45) is 0 Å². The maximum Gasteiger partial charge on any atom is 0.500 e. The fraction of sp³-hybridized carbons (Fsp3) is 0.955. The lowest BCUT2D eigenvalue weighted by molar-refractivity contribution is 0.0706. The lowest BCUT2D eigenvalue weighted by Gasteiger charge is -2.28. The Morgan fingerprint density at radius 1 is 0.774 bits per heavy atom. The SMILES string of the molecule is CCO[Si](CCCCCCCCCCCOC(=O)NC(C)(CO)CO)(OCC)OCC. The van der Waals surface area contributed by atoms with Crippen molar-refractivity contribution in [1.82, 2.24) is 5.32 Å². The molecule has 0 saturated carbocycles. The van der Waals surface area contributed by atoms with Crippen molar-refractivity contribution in [2.75, 3.05) is 39.6 Å². The molecule has 8 nitrogen and oxygen atoms in total. The number of carbonyl (C=O) groups is 1. The monoisotopic (exact) mass is 465 g/mol. The summed E-state index contributed by atoms with van der Waals surface area (Å²) >= 11 is 0. The van der Waals surface area contributed by atoms with E-state index in [-0.39, 0.29) is 13.2 Å². The van der Waals surface area contributed by atoms with Gasteiger partial charge >= 0.3 is 14.9 Å².